The molecule has 0 atom stereocenters. The largest absolute Gasteiger partial charge is 0.497 e. The summed E-state index contributed by atoms with van der Waals surface area (Å²) in [6.07, 6.45) is 0. The number of ether oxygens (including phenoxy) is 3. The lowest BCUT2D eigenvalue weighted by atomic mass is 10.1. The second kappa shape index (κ2) is 7.62. The number of hydrogen-bond acceptors (Lipinski definition) is 8. The zero-order chi connectivity index (χ0) is 23.2. The predicted octanol–water partition coefficient (Wildman–Crippen LogP) is 3.13. The minimum absolute atomic E-state index is 0.172. The van der Waals surface area contributed by atoms with Crippen molar-refractivity contribution < 1.29 is 18.7 Å². The Hall–Kier alpha value is -4.86. The lowest BCUT2D eigenvalue weighted by molar-refractivity contribution is 0.174. The first-order chi connectivity index (χ1) is 16.6. The minimum Gasteiger partial charge on any atom is -0.497 e. The molecule has 3 heterocycles. The van der Waals surface area contributed by atoms with Gasteiger partial charge in [-0.15, -0.1) is 0 Å². The fraction of sp³-hybridized carbons (Fsp3) is 0.0833. The molecule has 0 amide bonds. The van der Waals surface area contributed by atoms with Crippen LogP contribution < -0.4 is 25.5 Å². The molecule has 10 nitrogen and oxygen atoms in total. The highest BCUT2D eigenvalue weighted by Gasteiger charge is 2.18. The molecule has 1 N–H and O–H groups in total. The van der Waals surface area contributed by atoms with E-state index in [2.05, 4.69) is 15.1 Å². The standard InChI is InChI=1S/C24H16N4O6/c1-31-16-6-4-15(5-7-16)28-23(29)17-8-2-14(10-18(17)25-24(28)30)22-26-21(27-34-22)13-3-9-19-20(11-13)33-12-32-19/h2-11H,12H2,1H3,(H,25,30). The molecule has 34 heavy (non-hydrogen) atoms. The first kappa shape index (κ1) is 19.8. The molecule has 5 aromatic rings. The molecule has 3 aromatic carbocycles. The summed E-state index contributed by atoms with van der Waals surface area (Å²) in [5.41, 5.74) is 1.05. The van der Waals surface area contributed by atoms with Gasteiger partial charge >= 0.3 is 5.69 Å². The number of nitrogens with zero attached hydrogens (tertiary/aromatic N) is 3. The molecule has 168 valence electrons. The van der Waals surface area contributed by atoms with Gasteiger partial charge in [0.15, 0.2) is 11.5 Å². The van der Waals surface area contributed by atoms with Gasteiger partial charge in [0, 0.05) is 11.1 Å². The molecular formula is C24H16N4O6. The van der Waals surface area contributed by atoms with Crippen LogP contribution >= 0.6 is 0 Å². The lowest BCUT2D eigenvalue weighted by Crippen LogP contribution is -2.33. The summed E-state index contributed by atoms with van der Waals surface area (Å²) in [5.74, 6) is 2.51. The van der Waals surface area contributed by atoms with Crippen molar-refractivity contribution in [3.63, 3.8) is 0 Å². The van der Waals surface area contributed by atoms with Crippen LogP contribution in [0.4, 0.5) is 0 Å². The number of methoxy groups -OCH3 is 1. The maximum absolute atomic E-state index is 13.1. The Bertz CT molecular complexity index is 1670. The van der Waals surface area contributed by atoms with Gasteiger partial charge < -0.3 is 23.7 Å². The number of hydrogen-bond donors (Lipinski definition) is 1. The number of rotatable bonds is 4. The summed E-state index contributed by atoms with van der Waals surface area (Å²) < 4.78 is 22.4. The van der Waals surface area contributed by atoms with Crippen molar-refractivity contribution in [2.75, 3.05) is 13.9 Å². The van der Waals surface area contributed by atoms with E-state index >= 15 is 0 Å². The van der Waals surface area contributed by atoms with E-state index in [0.29, 0.717) is 50.8 Å². The summed E-state index contributed by atoms with van der Waals surface area (Å²) >= 11 is 0. The molecule has 1 aliphatic rings. The molecular weight excluding hydrogens is 440 g/mol. The molecule has 0 radical (unpaired) electrons. The van der Waals surface area contributed by atoms with Crippen molar-refractivity contribution >= 4 is 10.9 Å². The summed E-state index contributed by atoms with van der Waals surface area (Å²) in [4.78, 5) is 33.0. The molecule has 0 saturated carbocycles. The highest BCUT2D eigenvalue weighted by Crippen LogP contribution is 2.35. The maximum Gasteiger partial charge on any atom is 0.333 e. The van der Waals surface area contributed by atoms with Gasteiger partial charge in [0.25, 0.3) is 11.4 Å². The third-order valence-corrected chi connectivity index (χ3v) is 5.53. The van der Waals surface area contributed by atoms with E-state index in [9.17, 15) is 9.59 Å². The fourth-order valence-electron chi connectivity index (χ4n) is 3.81. The van der Waals surface area contributed by atoms with Gasteiger partial charge in [-0.25, -0.2) is 9.36 Å². The van der Waals surface area contributed by atoms with Gasteiger partial charge in [0.05, 0.1) is 23.7 Å². The lowest BCUT2D eigenvalue weighted by Gasteiger charge is -2.08. The Morgan fingerprint density at radius 1 is 0.941 bits per heavy atom. The van der Waals surface area contributed by atoms with Crippen LogP contribution in [0.3, 0.4) is 0 Å². The average Bonchev–Trinajstić information content (AvgIpc) is 3.53. The molecule has 0 bridgehead atoms. The molecule has 0 unspecified atom stereocenters. The van der Waals surface area contributed by atoms with Crippen molar-refractivity contribution in [3.05, 3.63) is 81.5 Å². The fourth-order valence-corrected chi connectivity index (χ4v) is 3.81. The van der Waals surface area contributed by atoms with Gasteiger partial charge in [0.2, 0.25) is 12.6 Å². The topological polar surface area (TPSA) is 121 Å². The third-order valence-electron chi connectivity index (χ3n) is 5.53. The van der Waals surface area contributed by atoms with Crippen LogP contribution in [0.25, 0.3) is 39.4 Å². The van der Waals surface area contributed by atoms with Crippen LogP contribution in [0, 0.1) is 0 Å². The molecule has 1 aliphatic heterocycles. The van der Waals surface area contributed by atoms with Crippen molar-refractivity contribution in [1.29, 1.82) is 0 Å². The third kappa shape index (κ3) is 3.20. The zero-order valence-electron chi connectivity index (χ0n) is 17.8. The normalized spacial score (nSPS) is 12.3. The van der Waals surface area contributed by atoms with Crippen molar-refractivity contribution in [1.82, 2.24) is 19.7 Å². The van der Waals surface area contributed by atoms with E-state index in [-0.39, 0.29) is 12.7 Å². The number of benzene rings is 3. The molecule has 6 rings (SSSR count). The van der Waals surface area contributed by atoms with Crippen molar-refractivity contribution in [2.24, 2.45) is 0 Å². The van der Waals surface area contributed by atoms with Crippen LogP contribution in [0.5, 0.6) is 17.2 Å². The Balaban J connectivity index is 1.38. The predicted molar refractivity (Wildman–Crippen MR) is 122 cm³/mol. The van der Waals surface area contributed by atoms with E-state index in [4.69, 9.17) is 18.7 Å². The van der Waals surface area contributed by atoms with E-state index in [1.165, 1.54) is 0 Å². The number of aromatic nitrogens is 4. The van der Waals surface area contributed by atoms with Crippen LogP contribution in [0.15, 0.2) is 74.8 Å². The van der Waals surface area contributed by atoms with Gasteiger partial charge in [-0.3, -0.25) is 4.79 Å². The zero-order valence-corrected chi connectivity index (χ0v) is 17.8. The van der Waals surface area contributed by atoms with Gasteiger partial charge in [-0.1, -0.05) is 5.16 Å². The number of fused-ring (bicyclic) bond motifs is 2. The number of aromatic amines is 1. The minimum atomic E-state index is -0.564. The quantitative estimate of drug-likeness (QED) is 0.438. The number of H-pyrrole nitrogens is 1. The highest BCUT2D eigenvalue weighted by molar-refractivity contribution is 5.82. The summed E-state index contributed by atoms with van der Waals surface area (Å²) in [7, 11) is 1.54. The summed E-state index contributed by atoms with van der Waals surface area (Å²) in [6, 6.07) is 17.0. The second-order valence-electron chi connectivity index (χ2n) is 7.52. The van der Waals surface area contributed by atoms with Crippen LogP contribution in [0.2, 0.25) is 0 Å². The monoisotopic (exact) mass is 456 g/mol. The van der Waals surface area contributed by atoms with E-state index < -0.39 is 11.2 Å². The van der Waals surface area contributed by atoms with Crippen molar-refractivity contribution in [3.8, 4) is 45.8 Å². The summed E-state index contributed by atoms with van der Waals surface area (Å²) in [6.45, 7) is 0.172. The summed E-state index contributed by atoms with van der Waals surface area (Å²) in [5, 5.41) is 4.38. The van der Waals surface area contributed by atoms with Crippen LogP contribution in [-0.4, -0.2) is 33.6 Å². The van der Waals surface area contributed by atoms with Gasteiger partial charge in [-0.2, -0.15) is 4.98 Å². The molecule has 0 saturated heterocycles. The highest BCUT2D eigenvalue weighted by atomic mass is 16.7. The van der Waals surface area contributed by atoms with Gasteiger partial charge in [0.1, 0.15) is 5.75 Å². The van der Waals surface area contributed by atoms with Crippen LogP contribution in [0.1, 0.15) is 0 Å². The van der Waals surface area contributed by atoms with E-state index in [0.717, 1.165) is 4.57 Å². The molecule has 10 heteroatoms. The Morgan fingerprint density at radius 2 is 1.74 bits per heavy atom. The van der Waals surface area contributed by atoms with E-state index in [1.54, 1.807) is 61.7 Å². The maximum atomic E-state index is 13.1. The Morgan fingerprint density at radius 3 is 2.56 bits per heavy atom. The molecule has 2 aromatic heterocycles. The van der Waals surface area contributed by atoms with Crippen molar-refractivity contribution in [2.45, 2.75) is 0 Å². The first-order valence-electron chi connectivity index (χ1n) is 10.3. The Labute approximate surface area is 191 Å². The van der Waals surface area contributed by atoms with Crippen LogP contribution in [-0.2, 0) is 0 Å². The molecule has 0 aliphatic carbocycles. The van der Waals surface area contributed by atoms with E-state index in [1.807, 2.05) is 6.07 Å². The second-order valence-corrected chi connectivity index (χ2v) is 7.52. The Kier molecular flexibility index (Phi) is 4.44. The van der Waals surface area contributed by atoms with Gasteiger partial charge in [-0.05, 0) is 60.7 Å². The number of nitrogens with one attached hydrogen (secondary N) is 1. The SMILES string of the molecule is COc1ccc(-n2c(=O)[nH]c3cc(-c4nc(-c5ccc6c(c5)OCO6)no4)ccc3c2=O)cc1. The molecule has 0 spiro atoms. The average molecular weight is 456 g/mol. The molecule has 0 fully saturated rings. The smallest absolute Gasteiger partial charge is 0.333 e. The first-order valence-corrected chi connectivity index (χ1v) is 10.3.